The summed E-state index contributed by atoms with van der Waals surface area (Å²) < 4.78 is 82.4. The molecule has 40 heavy (non-hydrogen) atoms. The molecule has 0 spiro atoms. The Kier molecular flexibility index (Phi) is 8.04. The molecule has 0 unspecified atom stereocenters. The molecule has 2 aromatic heterocycles. The van der Waals surface area contributed by atoms with Gasteiger partial charge in [0, 0.05) is 15.6 Å². The summed E-state index contributed by atoms with van der Waals surface area (Å²) >= 11 is 11.6. The first-order chi connectivity index (χ1) is 18.6. The highest BCUT2D eigenvalue weighted by molar-refractivity contribution is 6.31. The van der Waals surface area contributed by atoms with Gasteiger partial charge in [-0.05, 0) is 49.4 Å². The lowest BCUT2D eigenvalue weighted by atomic mass is 10.1. The van der Waals surface area contributed by atoms with Crippen molar-refractivity contribution in [1.82, 2.24) is 29.1 Å². The number of hydrogen-bond donors (Lipinski definition) is 2. The average molecular weight is 611 g/mol. The van der Waals surface area contributed by atoms with Crippen molar-refractivity contribution in [1.29, 1.82) is 0 Å². The minimum atomic E-state index is -5.04. The Labute approximate surface area is 230 Å². The molecule has 9 nitrogen and oxygen atoms in total. The van der Waals surface area contributed by atoms with E-state index in [0.29, 0.717) is 20.3 Å². The van der Waals surface area contributed by atoms with Gasteiger partial charge in [-0.25, -0.2) is 19.1 Å². The van der Waals surface area contributed by atoms with Gasteiger partial charge in [-0.1, -0.05) is 23.2 Å². The molecule has 2 heterocycles. The van der Waals surface area contributed by atoms with Gasteiger partial charge in [0.15, 0.2) is 23.6 Å². The van der Waals surface area contributed by atoms with Crippen molar-refractivity contribution in [3.63, 3.8) is 0 Å². The molecule has 0 aliphatic rings. The molecular weight excluding hydrogens is 593 g/mol. The summed E-state index contributed by atoms with van der Waals surface area (Å²) in [6.07, 6.45) is -14.2. The van der Waals surface area contributed by atoms with Crippen LogP contribution in [0.15, 0.2) is 47.3 Å². The van der Waals surface area contributed by atoms with E-state index < -0.39 is 54.6 Å². The van der Waals surface area contributed by atoms with Gasteiger partial charge in [-0.15, -0.1) is 10.2 Å². The minimum Gasteiger partial charge on any atom is -0.385 e. The number of benzene rings is 2. The summed E-state index contributed by atoms with van der Waals surface area (Å²) in [4.78, 5) is 17.1. The predicted molar refractivity (Wildman–Crippen MR) is 130 cm³/mol. The fourth-order valence-electron chi connectivity index (χ4n) is 3.73. The van der Waals surface area contributed by atoms with Crippen LogP contribution in [0.2, 0.25) is 10.0 Å². The minimum absolute atomic E-state index is 0.189. The quantitative estimate of drug-likeness (QED) is 0.295. The largest absolute Gasteiger partial charge is 0.418 e. The summed E-state index contributed by atoms with van der Waals surface area (Å²) in [6.45, 7) is -0.567. The molecule has 0 amide bonds. The molecule has 0 aliphatic heterocycles. The van der Waals surface area contributed by atoms with E-state index in [2.05, 4.69) is 15.2 Å². The first kappa shape index (κ1) is 29.6. The molecule has 4 rings (SSSR count). The van der Waals surface area contributed by atoms with E-state index in [4.69, 9.17) is 23.2 Å². The number of halogens is 8. The number of nitrogens with zero attached hydrogens (tertiary/aromatic N) is 6. The molecular formula is C23H18Cl2F6N6O3. The van der Waals surface area contributed by atoms with E-state index in [-0.39, 0.29) is 28.1 Å². The monoisotopic (exact) mass is 610 g/mol. The van der Waals surface area contributed by atoms with E-state index in [0.717, 1.165) is 10.7 Å². The molecule has 4 aromatic rings. The number of aromatic nitrogens is 6. The number of aliphatic hydroxyl groups is 2. The molecule has 0 aliphatic carbocycles. The van der Waals surface area contributed by atoms with Crippen LogP contribution in [0.3, 0.4) is 0 Å². The molecule has 17 heteroatoms. The number of aliphatic hydroxyl groups excluding tert-OH is 2. The Hall–Kier alpha value is -3.40. The Morgan fingerprint density at radius 1 is 0.950 bits per heavy atom. The van der Waals surface area contributed by atoms with Crippen LogP contribution >= 0.6 is 23.2 Å². The van der Waals surface area contributed by atoms with Crippen LogP contribution in [-0.4, -0.2) is 51.6 Å². The lowest BCUT2D eigenvalue weighted by molar-refractivity contribution is -0.207. The zero-order valence-electron chi connectivity index (χ0n) is 20.1. The highest BCUT2D eigenvalue weighted by atomic mass is 35.5. The summed E-state index contributed by atoms with van der Waals surface area (Å²) in [6, 6.07) is 8.47. The van der Waals surface area contributed by atoms with Crippen molar-refractivity contribution in [3.8, 4) is 17.1 Å². The van der Waals surface area contributed by atoms with Crippen LogP contribution in [0.4, 0.5) is 26.3 Å². The number of rotatable bonds is 7. The standard InChI is InChI=1S/C23H18Cl2F6N6O3/c1-11(38)19-32-18(33-37(19)16-7-6-14(25)8-15(16)22(26,27)28)10-36-21(40)35(9-17(39)23(29,30)31)20(34-36)12-2-4-13(24)5-3-12/h2-8,11,17,38-39H,9-10H2,1H3/t11-,17-/m0/s1. The van der Waals surface area contributed by atoms with E-state index in [1.54, 1.807) is 0 Å². The van der Waals surface area contributed by atoms with Crippen LogP contribution in [0.25, 0.3) is 17.1 Å². The Morgan fingerprint density at radius 3 is 2.15 bits per heavy atom. The molecule has 214 valence electrons. The second-order valence-electron chi connectivity index (χ2n) is 8.57. The topological polar surface area (TPSA) is 111 Å². The molecule has 0 bridgehead atoms. The van der Waals surface area contributed by atoms with Gasteiger partial charge in [0.2, 0.25) is 0 Å². The molecule has 0 radical (unpaired) electrons. The molecule has 2 atom stereocenters. The second kappa shape index (κ2) is 10.9. The highest BCUT2D eigenvalue weighted by Crippen LogP contribution is 2.36. The van der Waals surface area contributed by atoms with Crippen LogP contribution in [0.5, 0.6) is 0 Å². The fraction of sp³-hybridized carbons (Fsp3) is 0.304. The van der Waals surface area contributed by atoms with Crippen molar-refractivity contribution in [2.24, 2.45) is 0 Å². The Morgan fingerprint density at radius 2 is 1.57 bits per heavy atom. The van der Waals surface area contributed by atoms with Crippen LogP contribution < -0.4 is 5.69 Å². The number of hydrogen-bond acceptors (Lipinski definition) is 6. The Balaban J connectivity index is 1.81. The predicted octanol–water partition coefficient (Wildman–Crippen LogP) is 4.64. The fourth-order valence-corrected chi connectivity index (χ4v) is 4.03. The summed E-state index contributed by atoms with van der Waals surface area (Å²) in [7, 11) is 0. The van der Waals surface area contributed by atoms with Crippen molar-refractivity contribution in [2.75, 3.05) is 0 Å². The van der Waals surface area contributed by atoms with Crippen molar-refractivity contribution in [2.45, 2.75) is 44.6 Å². The first-order valence-corrected chi connectivity index (χ1v) is 12.0. The van der Waals surface area contributed by atoms with Gasteiger partial charge in [0.25, 0.3) is 0 Å². The van der Waals surface area contributed by atoms with Gasteiger partial charge in [0.05, 0.1) is 17.8 Å². The van der Waals surface area contributed by atoms with Crippen molar-refractivity contribution >= 4 is 23.2 Å². The third kappa shape index (κ3) is 6.16. The lowest BCUT2D eigenvalue weighted by Crippen LogP contribution is -2.37. The normalized spacial score (nSPS) is 14.0. The molecule has 0 saturated heterocycles. The highest BCUT2D eigenvalue weighted by Gasteiger charge is 2.39. The van der Waals surface area contributed by atoms with Gasteiger partial charge >= 0.3 is 18.0 Å². The maximum Gasteiger partial charge on any atom is 0.418 e. The third-order valence-corrected chi connectivity index (χ3v) is 6.08. The molecule has 2 aromatic carbocycles. The zero-order chi connectivity index (χ0) is 29.6. The maximum absolute atomic E-state index is 13.7. The first-order valence-electron chi connectivity index (χ1n) is 11.3. The summed E-state index contributed by atoms with van der Waals surface area (Å²) in [5.41, 5.74) is -2.59. The summed E-state index contributed by atoms with van der Waals surface area (Å²) in [5, 5.41) is 28.0. The van der Waals surface area contributed by atoms with Gasteiger partial charge < -0.3 is 10.2 Å². The van der Waals surface area contributed by atoms with Crippen LogP contribution in [0, 0.1) is 0 Å². The smallest absolute Gasteiger partial charge is 0.385 e. The third-order valence-electron chi connectivity index (χ3n) is 5.59. The SMILES string of the molecule is C[C@H](O)c1nc(Cn2nc(-c3ccc(Cl)cc3)n(C[C@H](O)C(F)(F)F)c2=O)nn1-c1ccc(Cl)cc1C(F)(F)F. The van der Waals surface area contributed by atoms with Gasteiger partial charge in [0.1, 0.15) is 12.6 Å². The average Bonchev–Trinajstić information content (AvgIpc) is 3.40. The van der Waals surface area contributed by atoms with Gasteiger partial charge in [-0.2, -0.15) is 26.3 Å². The van der Waals surface area contributed by atoms with E-state index in [9.17, 15) is 41.4 Å². The Bertz CT molecular complexity index is 1580. The van der Waals surface area contributed by atoms with E-state index in [1.165, 1.54) is 37.3 Å². The number of alkyl halides is 6. The van der Waals surface area contributed by atoms with Gasteiger partial charge in [-0.3, -0.25) is 4.57 Å². The second-order valence-corrected chi connectivity index (χ2v) is 9.44. The molecule has 2 N–H and O–H groups in total. The summed E-state index contributed by atoms with van der Waals surface area (Å²) in [5.74, 6) is -0.859. The lowest BCUT2D eigenvalue weighted by Gasteiger charge is -2.15. The zero-order valence-corrected chi connectivity index (χ0v) is 21.6. The maximum atomic E-state index is 13.7. The van der Waals surface area contributed by atoms with E-state index >= 15 is 0 Å². The van der Waals surface area contributed by atoms with Crippen LogP contribution in [-0.2, 0) is 19.3 Å². The van der Waals surface area contributed by atoms with Crippen LogP contribution in [0.1, 0.15) is 30.2 Å². The van der Waals surface area contributed by atoms with E-state index in [1.807, 2.05) is 0 Å². The van der Waals surface area contributed by atoms with Crippen molar-refractivity contribution in [3.05, 3.63) is 80.2 Å². The molecule has 0 fully saturated rings. The van der Waals surface area contributed by atoms with Crippen molar-refractivity contribution < 1.29 is 36.6 Å². The molecule has 0 saturated carbocycles.